The molecule has 1 aromatic carbocycles. The standard InChI is InChI=1S/C17H22N2O2/c1-3-12-4-7-15-14(8-12)16(20)17(21)19(15)10-11(2)9-18-13-5-6-13/h4,7-8,11,13,18H,3,5-6,9-10H2,1-2H3. The first-order valence-corrected chi connectivity index (χ1v) is 7.82. The molecule has 0 bridgehead atoms. The molecular formula is C17H22N2O2. The highest BCUT2D eigenvalue weighted by molar-refractivity contribution is 6.52. The molecule has 1 amide bonds. The second kappa shape index (κ2) is 5.60. The molecule has 4 nitrogen and oxygen atoms in total. The average Bonchev–Trinajstić information content (AvgIpc) is 3.29. The summed E-state index contributed by atoms with van der Waals surface area (Å²) in [6.45, 7) is 5.66. The van der Waals surface area contributed by atoms with Crippen LogP contribution in [0.1, 0.15) is 42.6 Å². The number of hydrogen-bond donors (Lipinski definition) is 1. The molecule has 3 rings (SSSR count). The Bertz CT molecular complexity index is 578. The van der Waals surface area contributed by atoms with Crippen LogP contribution in [0.2, 0.25) is 0 Å². The second-order valence-electron chi connectivity index (χ2n) is 6.24. The Morgan fingerprint density at radius 3 is 2.76 bits per heavy atom. The fourth-order valence-corrected chi connectivity index (χ4v) is 2.78. The lowest BCUT2D eigenvalue weighted by Gasteiger charge is -2.21. The summed E-state index contributed by atoms with van der Waals surface area (Å²) in [7, 11) is 0. The van der Waals surface area contributed by atoms with Gasteiger partial charge in [-0.25, -0.2) is 0 Å². The Hall–Kier alpha value is -1.68. The van der Waals surface area contributed by atoms with Crippen LogP contribution in [0.3, 0.4) is 0 Å². The third kappa shape index (κ3) is 2.86. The van der Waals surface area contributed by atoms with E-state index >= 15 is 0 Å². The summed E-state index contributed by atoms with van der Waals surface area (Å²) in [5.74, 6) is -0.404. The molecule has 0 saturated heterocycles. The summed E-state index contributed by atoms with van der Waals surface area (Å²) in [4.78, 5) is 26.0. The van der Waals surface area contributed by atoms with E-state index in [1.54, 1.807) is 4.90 Å². The summed E-state index contributed by atoms with van der Waals surface area (Å²) in [5, 5.41) is 3.48. The van der Waals surface area contributed by atoms with E-state index in [2.05, 4.69) is 12.2 Å². The van der Waals surface area contributed by atoms with Crippen molar-refractivity contribution in [3.05, 3.63) is 29.3 Å². The highest BCUT2D eigenvalue weighted by Gasteiger charge is 2.36. The third-order valence-electron chi connectivity index (χ3n) is 4.27. The highest BCUT2D eigenvalue weighted by atomic mass is 16.2. The number of anilines is 1. The molecule has 1 aromatic rings. The zero-order valence-corrected chi connectivity index (χ0v) is 12.7. The van der Waals surface area contributed by atoms with Crippen LogP contribution >= 0.6 is 0 Å². The van der Waals surface area contributed by atoms with Crippen molar-refractivity contribution in [3.8, 4) is 0 Å². The lowest BCUT2D eigenvalue weighted by Crippen LogP contribution is -2.37. The Labute approximate surface area is 125 Å². The van der Waals surface area contributed by atoms with Crippen molar-refractivity contribution < 1.29 is 9.59 Å². The molecule has 1 saturated carbocycles. The zero-order valence-electron chi connectivity index (χ0n) is 12.7. The molecule has 0 spiro atoms. The summed E-state index contributed by atoms with van der Waals surface area (Å²) in [6, 6.07) is 6.45. The second-order valence-corrected chi connectivity index (χ2v) is 6.24. The van der Waals surface area contributed by atoms with Gasteiger partial charge in [0.25, 0.3) is 11.7 Å². The molecule has 2 aliphatic rings. The van der Waals surface area contributed by atoms with E-state index in [0.29, 0.717) is 24.1 Å². The van der Waals surface area contributed by atoms with Crippen LogP contribution in [-0.2, 0) is 11.2 Å². The van der Waals surface area contributed by atoms with Crippen LogP contribution in [0.25, 0.3) is 0 Å². The predicted molar refractivity (Wildman–Crippen MR) is 82.7 cm³/mol. The van der Waals surface area contributed by atoms with Crippen molar-refractivity contribution >= 4 is 17.4 Å². The fourth-order valence-electron chi connectivity index (χ4n) is 2.78. The van der Waals surface area contributed by atoms with Gasteiger partial charge in [-0.3, -0.25) is 9.59 Å². The summed E-state index contributed by atoms with van der Waals surface area (Å²) >= 11 is 0. The van der Waals surface area contributed by atoms with Crippen LogP contribution in [0.5, 0.6) is 0 Å². The first-order valence-electron chi connectivity index (χ1n) is 7.82. The number of hydrogen-bond acceptors (Lipinski definition) is 3. The molecule has 1 fully saturated rings. The van der Waals surface area contributed by atoms with E-state index in [4.69, 9.17) is 0 Å². The van der Waals surface area contributed by atoms with Crippen molar-refractivity contribution in [2.24, 2.45) is 5.92 Å². The minimum atomic E-state index is -0.378. The minimum Gasteiger partial charge on any atom is -0.314 e. The number of nitrogens with zero attached hydrogens (tertiary/aromatic N) is 1. The van der Waals surface area contributed by atoms with Crippen molar-refractivity contribution in [2.75, 3.05) is 18.0 Å². The molecule has 112 valence electrons. The van der Waals surface area contributed by atoms with Gasteiger partial charge in [0.1, 0.15) is 0 Å². The van der Waals surface area contributed by atoms with Gasteiger partial charge < -0.3 is 10.2 Å². The van der Waals surface area contributed by atoms with Gasteiger partial charge in [0.15, 0.2) is 0 Å². The first-order chi connectivity index (χ1) is 10.1. The van der Waals surface area contributed by atoms with Crippen LogP contribution in [-0.4, -0.2) is 30.8 Å². The maximum Gasteiger partial charge on any atom is 0.299 e. The van der Waals surface area contributed by atoms with Crippen LogP contribution < -0.4 is 10.2 Å². The number of benzene rings is 1. The number of aryl methyl sites for hydroxylation is 1. The maximum atomic E-state index is 12.2. The molecule has 4 heteroatoms. The van der Waals surface area contributed by atoms with E-state index < -0.39 is 0 Å². The van der Waals surface area contributed by atoms with Crippen molar-refractivity contribution in [3.63, 3.8) is 0 Å². The number of Topliss-reactive ketones (excluding diaryl/α,β-unsaturated/α-hetero) is 1. The number of carbonyl (C=O) groups excluding carboxylic acids is 2. The zero-order chi connectivity index (χ0) is 15.0. The molecular weight excluding hydrogens is 264 g/mol. The molecule has 1 aliphatic carbocycles. The lowest BCUT2D eigenvalue weighted by molar-refractivity contribution is -0.114. The van der Waals surface area contributed by atoms with Gasteiger partial charge >= 0.3 is 0 Å². The first kappa shape index (κ1) is 14.3. The summed E-state index contributed by atoms with van der Waals surface area (Å²) in [6.07, 6.45) is 3.39. The van der Waals surface area contributed by atoms with Crippen molar-refractivity contribution in [2.45, 2.75) is 39.2 Å². The van der Waals surface area contributed by atoms with Crippen molar-refractivity contribution in [1.82, 2.24) is 5.32 Å². The van der Waals surface area contributed by atoms with Crippen molar-refractivity contribution in [1.29, 1.82) is 0 Å². The van der Waals surface area contributed by atoms with Gasteiger partial charge in [0.2, 0.25) is 0 Å². The molecule has 0 aromatic heterocycles. The van der Waals surface area contributed by atoms with Gasteiger partial charge in [-0.15, -0.1) is 0 Å². The third-order valence-corrected chi connectivity index (χ3v) is 4.27. The largest absolute Gasteiger partial charge is 0.314 e. The lowest BCUT2D eigenvalue weighted by atomic mass is 10.1. The molecule has 1 unspecified atom stereocenters. The number of rotatable bonds is 6. The van der Waals surface area contributed by atoms with Gasteiger partial charge in [0, 0.05) is 12.6 Å². The number of fused-ring (bicyclic) bond motifs is 1. The molecule has 21 heavy (non-hydrogen) atoms. The van der Waals surface area contributed by atoms with Crippen LogP contribution in [0.4, 0.5) is 5.69 Å². The quantitative estimate of drug-likeness (QED) is 0.815. The molecule has 1 aliphatic heterocycles. The van der Waals surface area contributed by atoms with Crippen LogP contribution in [0, 0.1) is 5.92 Å². The summed E-state index contributed by atoms with van der Waals surface area (Å²) in [5.41, 5.74) is 2.45. The number of nitrogens with one attached hydrogen (secondary N) is 1. The Morgan fingerprint density at radius 1 is 1.33 bits per heavy atom. The van der Waals surface area contributed by atoms with Gasteiger partial charge in [-0.2, -0.15) is 0 Å². The molecule has 1 heterocycles. The number of ketones is 1. The smallest absolute Gasteiger partial charge is 0.299 e. The molecule has 1 N–H and O–H groups in total. The monoisotopic (exact) mass is 286 g/mol. The summed E-state index contributed by atoms with van der Waals surface area (Å²) < 4.78 is 0. The topological polar surface area (TPSA) is 49.4 Å². The van der Waals surface area contributed by atoms with Gasteiger partial charge in [-0.05, 0) is 49.4 Å². The van der Waals surface area contributed by atoms with Crippen LogP contribution in [0.15, 0.2) is 18.2 Å². The Balaban J connectivity index is 1.73. The van der Waals surface area contributed by atoms with Gasteiger partial charge in [0.05, 0.1) is 11.3 Å². The minimum absolute atomic E-state index is 0.333. The fraction of sp³-hybridized carbons (Fsp3) is 0.529. The SMILES string of the molecule is CCc1ccc2c(c1)C(=O)C(=O)N2CC(C)CNC1CC1. The van der Waals surface area contributed by atoms with E-state index in [1.165, 1.54) is 12.8 Å². The number of carbonyl (C=O) groups is 2. The van der Waals surface area contributed by atoms with Gasteiger partial charge in [-0.1, -0.05) is 19.9 Å². The number of amides is 1. The molecule has 0 radical (unpaired) electrons. The maximum absolute atomic E-state index is 12.2. The predicted octanol–water partition coefficient (Wildman–Crippen LogP) is 2.17. The normalized spacial score (nSPS) is 19.0. The molecule has 1 atom stereocenters. The van der Waals surface area contributed by atoms with E-state index in [9.17, 15) is 9.59 Å². The van der Waals surface area contributed by atoms with E-state index in [0.717, 1.165) is 24.2 Å². The Morgan fingerprint density at radius 2 is 2.10 bits per heavy atom. The Kier molecular flexibility index (Phi) is 3.81. The van der Waals surface area contributed by atoms with E-state index in [1.807, 2.05) is 25.1 Å². The highest BCUT2D eigenvalue weighted by Crippen LogP contribution is 2.30. The van der Waals surface area contributed by atoms with E-state index in [-0.39, 0.29) is 11.7 Å². The average molecular weight is 286 g/mol.